The highest BCUT2D eigenvalue weighted by Crippen LogP contribution is 2.28. The molecule has 0 aromatic carbocycles. The first-order chi connectivity index (χ1) is 13.1. The molecule has 2 aromatic rings. The predicted molar refractivity (Wildman–Crippen MR) is 105 cm³/mol. The summed E-state index contributed by atoms with van der Waals surface area (Å²) in [5, 5.41) is 6.17. The third-order valence-corrected chi connectivity index (χ3v) is 5.15. The van der Waals surface area contributed by atoms with E-state index in [2.05, 4.69) is 31.2 Å². The van der Waals surface area contributed by atoms with Crippen molar-refractivity contribution in [3.8, 4) is 0 Å². The minimum Gasteiger partial charge on any atom is -0.482 e. The molecule has 2 N–H and O–H groups in total. The van der Waals surface area contributed by atoms with Gasteiger partial charge in [-0.1, -0.05) is 0 Å². The number of aromatic nitrogens is 2. The average molecular weight is 367 g/mol. The van der Waals surface area contributed by atoms with Crippen LogP contribution in [0.25, 0.3) is 11.0 Å². The predicted octanol–water partition coefficient (Wildman–Crippen LogP) is 2.36. The molecule has 0 atom stereocenters. The molecule has 0 radical (unpaired) electrons. The lowest BCUT2D eigenvalue weighted by Crippen LogP contribution is -2.27. The summed E-state index contributed by atoms with van der Waals surface area (Å²) in [6.45, 7) is 5.79. The van der Waals surface area contributed by atoms with Crippen LogP contribution in [-0.4, -0.2) is 41.5 Å². The van der Waals surface area contributed by atoms with Crippen molar-refractivity contribution in [2.24, 2.45) is 10.9 Å². The Hall–Kier alpha value is -2.83. The average Bonchev–Trinajstić information content (AvgIpc) is 3.43. The molecule has 3 heterocycles. The molecule has 7 nitrogen and oxygen atoms in total. The zero-order valence-corrected chi connectivity index (χ0v) is 16.0. The van der Waals surface area contributed by atoms with Gasteiger partial charge in [0.15, 0.2) is 5.88 Å². The molecule has 4 rings (SSSR count). The topological polar surface area (TPSA) is 80.5 Å². The van der Waals surface area contributed by atoms with Gasteiger partial charge in [0.2, 0.25) is 0 Å². The third kappa shape index (κ3) is 3.54. The van der Waals surface area contributed by atoms with E-state index in [1.807, 2.05) is 20.0 Å². The van der Waals surface area contributed by atoms with Crippen molar-refractivity contribution in [1.29, 1.82) is 0 Å². The van der Waals surface area contributed by atoms with Gasteiger partial charge in [0.05, 0.1) is 30.4 Å². The van der Waals surface area contributed by atoms with Crippen LogP contribution in [0.1, 0.15) is 35.7 Å². The molecule has 2 aliphatic rings. The normalized spacial score (nSPS) is 16.9. The van der Waals surface area contributed by atoms with Crippen molar-refractivity contribution < 1.29 is 9.53 Å². The van der Waals surface area contributed by atoms with E-state index in [1.54, 1.807) is 13.3 Å². The van der Waals surface area contributed by atoms with E-state index in [4.69, 9.17) is 4.74 Å². The molecule has 1 fully saturated rings. The van der Waals surface area contributed by atoms with Crippen LogP contribution in [0.3, 0.4) is 0 Å². The van der Waals surface area contributed by atoms with E-state index in [1.165, 1.54) is 12.8 Å². The highest BCUT2D eigenvalue weighted by molar-refractivity contribution is 6.06. The van der Waals surface area contributed by atoms with Gasteiger partial charge in [0.1, 0.15) is 12.2 Å². The molecule has 2 aromatic heterocycles. The first-order valence-corrected chi connectivity index (χ1v) is 9.33. The van der Waals surface area contributed by atoms with Crippen molar-refractivity contribution >= 4 is 22.7 Å². The molecule has 1 saturated carbocycles. The minimum atomic E-state index is -0.0564. The number of hydrogen-bond acceptors (Lipinski definition) is 5. The lowest BCUT2D eigenvalue weighted by molar-refractivity contribution is 0.0953. The highest BCUT2D eigenvalue weighted by atomic mass is 16.5. The van der Waals surface area contributed by atoms with Crippen LogP contribution in [0.5, 0.6) is 0 Å². The first-order valence-electron chi connectivity index (χ1n) is 9.33. The lowest BCUT2D eigenvalue weighted by Gasteiger charge is -2.19. The molecule has 1 amide bonds. The number of pyridine rings is 1. The second kappa shape index (κ2) is 7.06. The Bertz CT molecular complexity index is 953. The van der Waals surface area contributed by atoms with Crippen LogP contribution >= 0.6 is 0 Å². The largest absolute Gasteiger partial charge is 0.482 e. The van der Waals surface area contributed by atoms with Gasteiger partial charge in [0, 0.05) is 24.5 Å². The van der Waals surface area contributed by atoms with Gasteiger partial charge in [-0.15, -0.1) is 0 Å². The number of aliphatic imine (C=N–C) groups is 1. The Kier molecular flexibility index (Phi) is 4.59. The van der Waals surface area contributed by atoms with Gasteiger partial charge in [-0.3, -0.25) is 14.8 Å². The Morgan fingerprint density at radius 1 is 1.41 bits per heavy atom. The van der Waals surface area contributed by atoms with E-state index in [-0.39, 0.29) is 5.91 Å². The van der Waals surface area contributed by atoms with Crippen LogP contribution < -0.4 is 10.6 Å². The summed E-state index contributed by atoms with van der Waals surface area (Å²) >= 11 is 0. The fraction of sp³-hybridized carbons (Fsp3) is 0.450. The smallest absolute Gasteiger partial charge is 0.255 e. The molecule has 0 spiro atoms. The minimum absolute atomic E-state index is 0.0564. The number of methoxy groups -OCH3 is 1. The summed E-state index contributed by atoms with van der Waals surface area (Å²) in [5.41, 5.74) is 5.27. The second-order valence-electron chi connectivity index (χ2n) is 7.30. The third-order valence-electron chi connectivity index (χ3n) is 5.15. The fourth-order valence-electron chi connectivity index (χ4n) is 3.36. The number of fused-ring (bicyclic) bond motifs is 1. The maximum atomic E-state index is 12.7. The monoisotopic (exact) mass is 367 g/mol. The number of aryl methyl sites for hydroxylation is 1. The molecular formula is C20H25N5O2. The molecule has 0 bridgehead atoms. The molecule has 1 aliphatic heterocycles. The molecule has 142 valence electrons. The maximum absolute atomic E-state index is 12.7. The van der Waals surface area contributed by atoms with Crippen LogP contribution in [-0.2, 0) is 11.3 Å². The molecule has 0 saturated heterocycles. The van der Waals surface area contributed by atoms with E-state index < -0.39 is 0 Å². The second-order valence-corrected chi connectivity index (χ2v) is 7.30. The molecular weight excluding hydrogens is 342 g/mol. The van der Waals surface area contributed by atoms with Crippen molar-refractivity contribution in [3.05, 3.63) is 41.0 Å². The maximum Gasteiger partial charge on any atom is 0.255 e. The van der Waals surface area contributed by atoms with Gasteiger partial charge >= 0.3 is 0 Å². The number of amides is 1. The lowest BCUT2D eigenvalue weighted by atomic mass is 10.1. The Balaban J connectivity index is 1.67. The molecule has 0 unspecified atom stereocenters. The van der Waals surface area contributed by atoms with Crippen LogP contribution in [0.2, 0.25) is 0 Å². The summed E-state index contributed by atoms with van der Waals surface area (Å²) in [6, 6.07) is 2.07. The zero-order chi connectivity index (χ0) is 19.0. The molecule has 27 heavy (non-hydrogen) atoms. The van der Waals surface area contributed by atoms with Crippen molar-refractivity contribution in [1.82, 2.24) is 20.2 Å². The van der Waals surface area contributed by atoms with Gasteiger partial charge in [-0.05, 0) is 44.2 Å². The van der Waals surface area contributed by atoms with Crippen molar-refractivity contribution in [2.75, 3.05) is 20.3 Å². The highest BCUT2D eigenvalue weighted by Gasteiger charge is 2.24. The number of allylic oxidation sites excluding steroid dienone is 1. The number of hydrogen-bond donors (Lipinski definition) is 2. The number of carbonyl (C=O) groups is 1. The number of nitrogens with zero attached hydrogens (tertiary/aromatic N) is 3. The summed E-state index contributed by atoms with van der Waals surface area (Å²) in [5.74, 6) is 1.33. The summed E-state index contributed by atoms with van der Waals surface area (Å²) in [7, 11) is 1.65. The van der Waals surface area contributed by atoms with E-state index in [0.717, 1.165) is 40.3 Å². The molecule has 7 heteroatoms. The standard InChI is InChI=1S/C20H25N5O2/c1-12-6-17-18(21-7-12)15(19(26)22-8-14-4-5-14)9-25(17)10-16-13(2)20(27-3)24-11-23-16/h6-7,9,14,24H,4-5,8,10-11H2,1-3H3,(H,22,26). The quantitative estimate of drug-likeness (QED) is 0.821. The van der Waals surface area contributed by atoms with Gasteiger partial charge in [-0.2, -0.15) is 0 Å². The van der Waals surface area contributed by atoms with E-state index in [9.17, 15) is 4.79 Å². The van der Waals surface area contributed by atoms with Crippen molar-refractivity contribution in [2.45, 2.75) is 33.2 Å². The molecule has 1 aliphatic carbocycles. The SMILES string of the molecule is COC1=C(C)C(Cn2cc(C(=O)NCC3CC3)c3ncc(C)cc32)=NCN1. The number of rotatable bonds is 6. The van der Waals surface area contributed by atoms with Gasteiger partial charge in [0.25, 0.3) is 5.91 Å². The van der Waals surface area contributed by atoms with E-state index in [0.29, 0.717) is 24.7 Å². The number of carbonyl (C=O) groups excluding carboxylic acids is 1. The summed E-state index contributed by atoms with van der Waals surface area (Å²) in [6.07, 6.45) is 6.12. The first kappa shape index (κ1) is 17.6. The van der Waals surface area contributed by atoms with Crippen molar-refractivity contribution in [3.63, 3.8) is 0 Å². The van der Waals surface area contributed by atoms with Crippen LogP contribution in [0.4, 0.5) is 0 Å². The Morgan fingerprint density at radius 3 is 2.96 bits per heavy atom. The van der Waals surface area contributed by atoms with E-state index >= 15 is 0 Å². The van der Waals surface area contributed by atoms with Gasteiger partial charge < -0.3 is 19.9 Å². The van der Waals surface area contributed by atoms with Crippen LogP contribution in [0.15, 0.2) is 34.9 Å². The zero-order valence-electron chi connectivity index (χ0n) is 16.0. The number of ether oxygens (including phenoxy) is 1. The van der Waals surface area contributed by atoms with Crippen LogP contribution in [0, 0.1) is 12.8 Å². The Morgan fingerprint density at radius 2 is 2.22 bits per heavy atom. The fourth-order valence-corrected chi connectivity index (χ4v) is 3.36. The summed E-state index contributed by atoms with van der Waals surface area (Å²) < 4.78 is 7.44. The Labute approximate surface area is 158 Å². The van der Waals surface area contributed by atoms with Gasteiger partial charge in [-0.25, -0.2) is 0 Å². The number of nitrogens with one attached hydrogen (secondary N) is 2. The summed E-state index contributed by atoms with van der Waals surface area (Å²) in [4.78, 5) is 21.8.